The van der Waals surface area contributed by atoms with Crippen molar-refractivity contribution < 1.29 is 13.5 Å². The third kappa shape index (κ3) is 3.31. The van der Waals surface area contributed by atoms with Crippen molar-refractivity contribution in [2.24, 2.45) is 10.9 Å². The number of nitrogens with zero attached hydrogens (tertiary/aromatic N) is 4. The molecule has 1 aliphatic carbocycles. The Labute approximate surface area is 154 Å². The van der Waals surface area contributed by atoms with Gasteiger partial charge in [0.1, 0.15) is 11.6 Å². The van der Waals surface area contributed by atoms with E-state index in [1.807, 2.05) is 6.92 Å². The zero-order valence-electron chi connectivity index (χ0n) is 14.9. The first-order chi connectivity index (χ1) is 13.1. The van der Waals surface area contributed by atoms with E-state index in [-0.39, 0.29) is 23.4 Å². The molecular formula is C19H19F2N4O2. The molecule has 4 rings (SSSR count). The minimum Gasteiger partial charge on any atom is -0.425 e. The van der Waals surface area contributed by atoms with Crippen LogP contribution in [-0.2, 0) is 6.54 Å². The van der Waals surface area contributed by atoms with Crippen molar-refractivity contribution in [3.8, 4) is 11.8 Å². The van der Waals surface area contributed by atoms with Crippen molar-refractivity contribution in [1.82, 2.24) is 14.9 Å². The first-order valence-corrected chi connectivity index (χ1v) is 9.15. The van der Waals surface area contributed by atoms with E-state index in [2.05, 4.69) is 15.3 Å². The van der Waals surface area contributed by atoms with Crippen molar-refractivity contribution in [2.45, 2.75) is 45.6 Å². The van der Waals surface area contributed by atoms with Crippen LogP contribution >= 0.6 is 0 Å². The van der Waals surface area contributed by atoms with Crippen LogP contribution in [0, 0.1) is 17.6 Å². The van der Waals surface area contributed by atoms with Gasteiger partial charge in [0.15, 0.2) is 23.1 Å². The highest BCUT2D eigenvalue weighted by atomic mass is 19.2. The summed E-state index contributed by atoms with van der Waals surface area (Å²) < 4.78 is 33.9. The number of rotatable bonds is 5. The molecule has 0 saturated heterocycles. The summed E-state index contributed by atoms with van der Waals surface area (Å²) in [5.41, 5.74) is -0.310. The largest absolute Gasteiger partial charge is 0.425 e. The van der Waals surface area contributed by atoms with E-state index in [1.165, 1.54) is 6.07 Å². The Bertz CT molecular complexity index is 965. The summed E-state index contributed by atoms with van der Waals surface area (Å²) >= 11 is 0. The molecule has 141 valence electrons. The molecule has 1 aromatic carbocycles. The van der Waals surface area contributed by atoms with Gasteiger partial charge in [0.25, 0.3) is 0 Å². The molecule has 27 heavy (non-hydrogen) atoms. The molecule has 2 aliphatic rings. The molecule has 1 aliphatic heterocycles. The maximum Gasteiger partial charge on any atom is 0.307 e. The van der Waals surface area contributed by atoms with E-state index < -0.39 is 17.2 Å². The Hall–Kier alpha value is -2.77. The number of halogens is 2. The standard InChI is InChI=1S/C19H19F2N4O2/c1-2-9-25-17-15(22-16(23-17)11-5-3-4-6-11)18(26)24-19(25)27-12-7-8-13(20)14(21)10-12/h7-8,10-11H,2-6,9H2,1H3. The smallest absolute Gasteiger partial charge is 0.307 e. The van der Waals surface area contributed by atoms with Crippen LogP contribution < -0.4 is 15.6 Å². The molecule has 1 fully saturated rings. The van der Waals surface area contributed by atoms with Gasteiger partial charge >= 0.3 is 11.6 Å². The van der Waals surface area contributed by atoms with E-state index in [0.29, 0.717) is 18.2 Å². The normalized spacial score (nSPS) is 16.2. The number of amidine groups is 1. The van der Waals surface area contributed by atoms with Crippen molar-refractivity contribution in [1.29, 1.82) is 0 Å². The molecule has 0 amide bonds. The summed E-state index contributed by atoms with van der Waals surface area (Å²) in [6.07, 6.45) is 5.06. The SMILES string of the molecule is CCCn1c(Oc2ccc(F)c(F)c2)nc(=O)c2c1N=C(C1CCCC1)[N]2. The lowest BCUT2D eigenvalue weighted by Gasteiger charge is -2.14. The van der Waals surface area contributed by atoms with Gasteiger partial charge < -0.3 is 4.74 Å². The molecule has 2 heterocycles. The minimum atomic E-state index is -1.03. The summed E-state index contributed by atoms with van der Waals surface area (Å²) in [6.45, 7) is 2.48. The monoisotopic (exact) mass is 373 g/mol. The molecule has 1 aromatic heterocycles. The van der Waals surface area contributed by atoms with Gasteiger partial charge in [-0.15, -0.1) is 0 Å². The Morgan fingerprint density at radius 3 is 2.70 bits per heavy atom. The molecule has 6 nitrogen and oxygen atoms in total. The zero-order valence-corrected chi connectivity index (χ0v) is 14.9. The van der Waals surface area contributed by atoms with Crippen LogP contribution in [0.4, 0.5) is 20.3 Å². The van der Waals surface area contributed by atoms with Gasteiger partial charge in [-0.05, 0) is 31.4 Å². The molecule has 0 spiro atoms. The highest BCUT2D eigenvalue weighted by Gasteiger charge is 2.31. The predicted molar refractivity (Wildman–Crippen MR) is 96.1 cm³/mol. The Morgan fingerprint density at radius 2 is 2.00 bits per heavy atom. The number of fused-ring (bicyclic) bond motifs is 1. The molecule has 1 saturated carbocycles. The van der Waals surface area contributed by atoms with Gasteiger partial charge in [0, 0.05) is 18.5 Å². The third-order valence-corrected chi connectivity index (χ3v) is 4.81. The fraction of sp³-hybridized carbons (Fsp3) is 0.421. The Morgan fingerprint density at radius 1 is 1.22 bits per heavy atom. The minimum absolute atomic E-state index is 0.00164. The summed E-state index contributed by atoms with van der Waals surface area (Å²) in [4.78, 5) is 21.0. The van der Waals surface area contributed by atoms with Crippen molar-refractivity contribution in [3.63, 3.8) is 0 Å². The molecule has 2 aromatic rings. The summed E-state index contributed by atoms with van der Waals surface area (Å²) in [5, 5.41) is 4.44. The third-order valence-electron chi connectivity index (χ3n) is 4.81. The summed E-state index contributed by atoms with van der Waals surface area (Å²) in [6, 6.07) is 3.17. The second-order valence-electron chi connectivity index (χ2n) is 6.76. The van der Waals surface area contributed by atoms with Crippen molar-refractivity contribution in [3.05, 3.63) is 40.2 Å². The highest BCUT2D eigenvalue weighted by Crippen LogP contribution is 2.36. The molecule has 0 bridgehead atoms. The molecular weight excluding hydrogens is 354 g/mol. The average Bonchev–Trinajstić information content (AvgIpc) is 3.31. The number of aromatic nitrogens is 2. The first-order valence-electron chi connectivity index (χ1n) is 9.15. The van der Waals surface area contributed by atoms with Crippen molar-refractivity contribution in [2.75, 3.05) is 0 Å². The van der Waals surface area contributed by atoms with Gasteiger partial charge in [-0.2, -0.15) is 4.98 Å². The fourth-order valence-corrected chi connectivity index (χ4v) is 3.49. The van der Waals surface area contributed by atoms with E-state index in [1.54, 1.807) is 4.57 Å². The molecule has 0 N–H and O–H groups in total. The lowest BCUT2D eigenvalue weighted by Crippen LogP contribution is -2.21. The van der Waals surface area contributed by atoms with Crippen LogP contribution in [0.25, 0.3) is 0 Å². The maximum absolute atomic E-state index is 13.5. The number of ether oxygens (including phenoxy) is 1. The van der Waals surface area contributed by atoms with Crippen LogP contribution in [0.5, 0.6) is 11.8 Å². The van der Waals surface area contributed by atoms with E-state index >= 15 is 0 Å². The van der Waals surface area contributed by atoms with Gasteiger partial charge in [0.05, 0.1) is 0 Å². The van der Waals surface area contributed by atoms with Crippen LogP contribution in [0.15, 0.2) is 28.0 Å². The Kier molecular flexibility index (Phi) is 4.63. The van der Waals surface area contributed by atoms with Crippen LogP contribution in [-0.4, -0.2) is 15.4 Å². The molecule has 1 radical (unpaired) electrons. The zero-order chi connectivity index (χ0) is 19.0. The van der Waals surface area contributed by atoms with Gasteiger partial charge in [-0.1, -0.05) is 19.8 Å². The first kappa shape index (κ1) is 17.6. The van der Waals surface area contributed by atoms with Crippen LogP contribution in [0.1, 0.15) is 39.0 Å². The molecule has 8 heteroatoms. The van der Waals surface area contributed by atoms with E-state index in [9.17, 15) is 13.6 Å². The number of aliphatic imine (C=N–C) groups is 1. The Balaban J connectivity index is 1.74. The fourth-order valence-electron chi connectivity index (χ4n) is 3.49. The second-order valence-corrected chi connectivity index (χ2v) is 6.76. The van der Waals surface area contributed by atoms with E-state index in [4.69, 9.17) is 4.74 Å². The number of hydrogen-bond donors (Lipinski definition) is 0. The van der Waals surface area contributed by atoms with Gasteiger partial charge in [0.2, 0.25) is 0 Å². The van der Waals surface area contributed by atoms with E-state index in [0.717, 1.165) is 44.2 Å². The maximum atomic E-state index is 13.5. The quantitative estimate of drug-likeness (QED) is 0.789. The topological polar surface area (TPSA) is 70.6 Å². The lowest BCUT2D eigenvalue weighted by atomic mass is 10.1. The van der Waals surface area contributed by atoms with Crippen molar-refractivity contribution >= 4 is 17.3 Å². The highest BCUT2D eigenvalue weighted by molar-refractivity contribution is 5.96. The lowest BCUT2D eigenvalue weighted by molar-refractivity contribution is 0.395. The van der Waals surface area contributed by atoms with Gasteiger partial charge in [-0.3, -0.25) is 9.36 Å². The van der Waals surface area contributed by atoms with Gasteiger partial charge in [-0.25, -0.2) is 19.1 Å². The molecule has 0 unspecified atom stereocenters. The number of hydrogen-bond acceptors (Lipinski definition) is 4. The average molecular weight is 373 g/mol. The predicted octanol–water partition coefficient (Wildman–Crippen LogP) is 4.19. The molecule has 0 atom stereocenters. The number of benzene rings is 1. The second kappa shape index (κ2) is 7.09. The summed E-state index contributed by atoms with van der Waals surface area (Å²) in [7, 11) is 0. The summed E-state index contributed by atoms with van der Waals surface area (Å²) in [5.74, 6) is -0.579. The van der Waals surface area contributed by atoms with Crippen LogP contribution in [0.2, 0.25) is 0 Å². The van der Waals surface area contributed by atoms with Crippen LogP contribution in [0.3, 0.4) is 0 Å².